The molecule has 1 atom stereocenters. The SMILES string of the molecule is O=C(NC(C(=O)O)C1CC1)c1cc(Br)sc1Br. The van der Waals surface area contributed by atoms with Crippen molar-refractivity contribution in [3.8, 4) is 0 Å². The van der Waals surface area contributed by atoms with E-state index in [0.717, 1.165) is 16.6 Å². The summed E-state index contributed by atoms with van der Waals surface area (Å²) >= 11 is 7.94. The molecule has 0 aromatic carbocycles. The van der Waals surface area contributed by atoms with Crippen LogP contribution in [0.4, 0.5) is 0 Å². The number of carboxylic acids is 1. The standard InChI is InChI=1S/C10H9Br2NO3S/c11-6-3-5(8(12)17-6)9(14)13-7(10(15)16)4-1-2-4/h3-4,7H,1-2H2,(H,13,14)(H,15,16). The lowest BCUT2D eigenvalue weighted by atomic mass is 10.2. The highest BCUT2D eigenvalue weighted by molar-refractivity contribution is 9.12. The molecule has 7 heteroatoms. The Bertz CT molecular complexity index is 470. The van der Waals surface area contributed by atoms with Crippen molar-refractivity contribution in [1.82, 2.24) is 5.32 Å². The van der Waals surface area contributed by atoms with E-state index in [1.54, 1.807) is 6.07 Å². The molecule has 0 saturated heterocycles. The molecule has 0 aliphatic heterocycles. The molecule has 1 amide bonds. The van der Waals surface area contributed by atoms with Crippen LogP contribution in [-0.4, -0.2) is 23.0 Å². The number of aliphatic carboxylic acids is 1. The number of hydrogen-bond acceptors (Lipinski definition) is 3. The summed E-state index contributed by atoms with van der Waals surface area (Å²) in [6.07, 6.45) is 1.73. The van der Waals surface area contributed by atoms with Gasteiger partial charge in [0.2, 0.25) is 0 Å². The van der Waals surface area contributed by atoms with Crippen molar-refractivity contribution >= 4 is 55.1 Å². The van der Waals surface area contributed by atoms with Gasteiger partial charge in [0.15, 0.2) is 0 Å². The number of hydrogen-bond donors (Lipinski definition) is 2. The maximum atomic E-state index is 11.9. The minimum Gasteiger partial charge on any atom is -0.480 e. The van der Waals surface area contributed by atoms with Crippen LogP contribution < -0.4 is 5.32 Å². The second-order valence-electron chi connectivity index (χ2n) is 3.86. The lowest BCUT2D eigenvalue weighted by Crippen LogP contribution is -2.42. The Kier molecular flexibility index (Phi) is 3.89. The summed E-state index contributed by atoms with van der Waals surface area (Å²) in [5, 5.41) is 11.6. The summed E-state index contributed by atoms with van der Waals surface area (Å²) in [6, 6.07) is 0.906. The lowest BCUT2D eigenvalue weighted by molar-refractivity contribution is -0.139. The Balaban J connectivity index is 2.10. The summed E-state index contributed by atoms with van der Waals surface area (Å²) < 4.78 is 1.52. The van der Waals surface area contributed by atoms with Gasteiger partial charge < -0.3 is 10.4 Å². The van der Waals surface area contributed by atoms with Gasteiger partial charge in [-0.3, -0.25) is 4.79 Å². The highest BCUT2D eigenvalue weighted by Crippen LogP contribution is 2.34. The van der Waals surface area contributed by atoms with E-state index in [4.69, 9.17) is 5.11 Å². The van der Waals surface area contributed by atoms with Crippen molar-refractivity contribution in [3.05, 3.63) is 19.2 Å². The van der Waals surface area contributed by atoms with E-state index in [-0.39, 0.29) is 11.8 Å². The fraction of sp³-hybridized carbons (Fsp3) is 0.400. The Labute approximate surface area is 119 Å². The van der Waals surface area contributed by atoms with E-state index in [9.17, 15) is 9.59 Å². The lowest BCUT2D eigenvalue weighted by Gasteiger charge is -2.12. The third kappa shape index (κ3) is 3.08. The van der Waals surface area contributed by atoms with Crippen LogP contribution in [0.5, 0.6) is 0 Å². The highest BCUT2D eigenvalue weighted by Gasteiger charge is 2.37. The second-order valence-corrected chi connectivity index (χ2v) is 7.61. The molecule has 17 heavy (non-hydrogen) atoms. The average Bonchev–Trinajstić information content (AvgIpc) is 3.00. The Morgan fingerprint density at radius 2 is 2.12 bits per heavy atom. The molecule has 1 unspecified atom stereocenters. The van der Waals surface area contributed by atoms with Crippen molar-refractivity contribution in [2.45, 2.75) is 18.9 Å². The molecule has 1 aromatic rings. The molecule has 1 fully saturated rings. The number of carbonyl (C=O) groups is 2. The van der Waals surface area contributed by atoms with E-state index in [0.29, 0.717) is 9.35 Å². The Hall–Kier alpha value is -0.400. The molecule has 1 saturated carbocycles. The molecule has 4 nitrogen and oxygen atoms in total. The van der Waals surface area contributed by atoms with Crippen LogP contribution >= 0.6 is 43.2 Å². The highest BCUT2D eigenvalue weighted by atomic mass is 79.9. The first-order valence-corrected chi connectivity index (χ1v) is 7.38. The molecule has 1 aromatic heterocycles. The van der Waals surface area contributed by atoms with Gasteiger partial charge in [-0.1, -0.05) is 0 Å². The molecular weight excluding hydrogens is 374 g/mol. The van der Waals surface area contributed by atoms with Gasteiger partial charge >= 0.3 is 5.97 Å². The van der Waals surface area contributed by atoms with E-state index < -0.39 is 12.0 Å². The molecular formula is C10H9Br2NO3S. The van der Waals surface area contributed by atoms with Crippen LogP contribution in [0.3, 0.4) is 0 Å². The van der Waals surface area contributed by atoms with Crippen LogP contribution in [0.15, 0.2) is 13.6 Å². The summed E-state index contributed by atoms with van der Waals surface area (Å²) in [6.45, 7) is 0. The molecule has 1 aliphatic carbocycles. The summed E-state index contributed by atoms with van der Waals surface area (Å²) in [5.41, 5.74) is 0.466. The van der Waals surface area contributed by atoms with E-state index in [2.05, 4.69) is 37.2 Å². The van der Waals surface area contributed by atoms with Gasteiger partial charge in [-0.15, -0.1) is 11.3 Å². The number of thiophene rings is 1. The molecule has 2 N–H and O–H groups in total. The quantitative estimate of drug-likeness (QED) is 0.841. The van der Waals surface area contributed by atoms with Gasteiger partial charge in [0.05, 0.1) is 13.1 Å². The van der Waals surface area contributed by atoms with E-state index >= 15 is 0 Å². The molecule has 1 heterocycles. The van der Waals surface area contributed by atoms with Gasteiger partial charge in [0.25, 0.3) is 5.91 Å². The van der Waals surface area contributed by atoms with Crippen LogP contribution in [0.25, 0.3) is 0 Å². The molecule has 0 bridgehead atoms. The van der Waals surface area contributed by atoms with Gasteiger partial charge in [-0.05, 0) is 56.7 Å². The number of nitrogens with one attached hydrogen (secondary N) is 1. The van der Waals surface area contributed by atoms with E-state index in [1.807, 2.05) is 0 Å². The molecule has 0 spiro atoms. The first-order chi connectivity index (χ1) is 7.99. The molecule has 92 valence electrons. The van der Waals surface area contributed by atoms with Gasteiger partial charge in [0, 0.05) is 0 Å². The van der Waals surface area contributed by atoms with E-state index in [1.165, 1.54) is 11.3 Å². The second kappa shape index (κ2) is 5.07. The molecule has 0 radical (unpaired) electrons. The van der Waals surface area contributed by atoms with Crippen molar-refractivity contribution < 1.29 is 14.7 Å². The number of rotatable bonds is 4. The zero-order valence-corrected chi connectivity index (χ0v) is 12.6. The zero-order chi connectivity index (χ0) is 12.6. The maximum absolute atomic E-state index is 11.9. The number of halogens is 2. The predicted molar refractivity (Wildman–Crippen MR) is 71.3 cm³/mol. The Morgan fingerprint density at radius 3 is 2.53 bits per heavy atom. The summed E-state index contributed by atoms with van der Waals surface area (Å²) in [7, 11) is 0. The average molecular weight is 383 g/mol. The van der Waals surface area contributed by atoms with Crippen molar-refractivity contribution in [2.75, 3.05) is 0 Å². The fourth-order valence-electron chi connectivity index (χ4n) is 1.52. The summed E-state index contributed by atoms with van der Waals surface area (Å²) in [5.74, 6) is -1.23. The third-order valence-electron chi connectivity index (χ3n) is 2.55. The minimum absolute atomic E-state index is 0.0808. The van der Waals surface area contributed by atoms with Crippen molar-refractivity contribution in [1.29, 1.82) is 0 Å². The summed E-state index contributed by atoms with van der Waals surface area (Å²) in [4.78, 5) is 22.9. The smallest absolute Gasteiger partial charge is 0.326 e. The van der Waals surface area contributed by atoms with Crippen LogP contribution in [0, 0.1) is 5.92 Å². The topological polar surface area (TPSA) is 66.4 Å². The Morgan fingerprint density at radius 1 is 1.47 bits per heavy atom. The van der Waals surface area contributed by atoms with Crippen molar-refractivity contribution in [2.24, 2.45) is 5.92 Å². The largest absolute Gasteiger partial charge is 0.480 e. The number of carbonyl (C=O) groups excluding carboxylic acids is 1. The monoisotopic (exact) mass is 381 g/mol. The molecule has 2 rings (SSSR count). The van der Waals surface area contributed by atoms with Crippen LogP contribution in [0.2, 0.25) is 0 Å². The minimum atomic E-state index is -0.966. The van der Waals surface area contributed by atoms with Crippen molar-refractivity contribution in [3.63, 3.8) is 0 Å². The predicted octanol–water partition coefficient (Wildman–Crippen LogP) is 2.87. The van der Waals surface area contributed by atoms with Crippen LogP contribution in [-0.2, 0) is 4.79 Å². The maximum Gasteiger partial charge on any atom is 0.326 e. The zero-order valence-electron chi connectivity index (χ0n) is 8.57. The third-order valence-corrected chi connectivity index (χ3v) is 4.89. The van der Waals surface area contributed by atoms with Crippen LogP contribution in [0.1, 0.15) is 23.2 Å². The van der Waals surface area contributed by atoms with Gasteiger partial charge in [0.1, 0.15) is 6.04 Å². The molecule has 1 aliphatic rings. The number of amides is 1. The number of carboxylic acid groups (broad SMARTS) is 1. The van der Waals surface area contributed by atoms with Gasteiger partial charge in [-0.25, -0.2) is 4.79 Å². The van der Waals surface area contributed by atoms with Gasteiger partial charge in [-0.2, -0.15) is 0 Å². The normalized spacial score (nSPS) is 16.6. The first kappa shape index (κ1) is 13.0. The first-order valence-electron chi connectivity index (χ1n) is 4.97. The fourth-order valence-corrected chi connectivity index (χ4v) is 4.32.